The standard InChI is InChI=1S/C21H18F2N4O2/c22-15-6-5-14-13(11-18(28)25-20(14)19(15)23)12-27-17-4-2-1-3-16(17)24-21(27)26-7-9-29-10-8-26/h1-6,11H,7-10,12H2,(H,25,28). The zero-order chi connectivity index (χ0) is 20.0. The number of nitrogens with zero attached hydrogens (tertiary/aromatic N) is 3. The van der Waals surface area contributed by atoms with E-state index in [0.29, 0.717) is 43.8 Å². The van der Waals surface area contributed by atoms with Crippen LogP contribution in [0, 0.1) is 11.6 Å². The molecule has 0 atom stereocenters. The van der Waals surface area contributed by atoms with Gasteiger partial charge in [0.25, 0.3) is 0 Å². The predicted octanol–water partition coefficient (Wildman–Crippen LogP) is 3.04. The second-order valence-electron chi connectivity index (χ2n) is 7.03. The highest BCUT2D eigenvalue weighted by Gasteiger charge is 2.21. The lowest BCUT2D eigenvalue weighted by Crippen LogP contribution is -2.38. The summed E-state index contributed by atoms with van der Waals surface area (Å²) in [7, 11) is 0. The summed E-state index contributed by atoms with van der Waals surface area (Å²) < 4.78 is 35.4. The van der Waals surface area contributed by atoms with Crippen LogP contribution < -0.4 is 10.5 Å². The Balaban J connectivity index is 1.69. The minimum absolute atomic E-state index is 0.121. The molecule has 0 spiro atoms. The lowest BCUT2D eigenvalue weighted by atomic mass is 10.1. The van der Waals surface area contributed by atoms with Crippen molar-refractivity contribution in [2.24, 2.45) is 0 Å². The number of hydrogen-bond donors (Lipinski definition) is 1. The number of imidazole rings is 1. The van der Waals surface area contributed by atoms with Crippen LogP contribution in [-0.2, 0) is 11.3 Å². The van der Waals surface area contributed by atoms with Gasteiger partial charge in [0.15, 0.2) is 11.6 Å². The van der Waals surface area contributed by atoms with Crippen molar-refractivity contribution in [2.45, 2.75) is 6.54 Å². The van der Waals surface area contributed by atoms with E-state index in [-0.39, 0.29) is 5.52 Å². The first-order chi connectivity index (χ1) is 14.1. The normalized spacial score (nSPS) is 14.8. The number of anilines is 1. The van der Waals surface area contributed by atoms with Crippen LogP contribution in [0.15, 0.2) is 47.3 Å². The van der Waals surface area contributed by atoms with Crippen LogP contribution in [-0.4, -0.2) is 40.8 Å². The van der Waals surface area contributed by atoms with E-state index in [1.165, 1.54) is 12.1 Å². The minimum Gasteiger partial charge on any atom is -0.378 e. The fraction of sp³-hybridized carbons (Fsp3) is 0.238. The lowest BCUT2D eigenvalue weighted by molar-refractivity contribution is 0.121. The monoisotopic (exact) mass is 396 g/mol. The Bertz CT molecular complexity index is 1280. The van der Waals surface area contributed by atoms with E-state index >= 15 is 0 Å². The van der Waals surface area contributed by atoms with Gasteiger partial charge in [0.2, 0.25) is 11.5 Å². The summed E-state index contributed by atoms with van der Waals surface area (Å²) in [5.74, 6) is -1.27. The number of para-hydroxylation sites is 2. The van der Waals surface area contributed by atoms with Crippen LogP contribution in [0.2, 0.25) is 0 Å². The van der Waals surface area contributed by atoms with Crippen LogP contribution in [0.3, 0.4) is 0 Å². The summed E-state index contributed by atoms with van der Waals surface area (Å²) in [4.78, 5) is 21.5. The molecule has 8 heteroatoms. The molecule has 1 saturated heterocycles. The van der Waals surface area contributed by atoms with E-state index in [2.05, 4.69) is 9.88 Å². The first-order valence-electron chi connectivity index (χ1n) is 9.40. The number of hydrogen-bond acceptors (Lipinski definition) is 4. The Hall–Kier alpha value is -3.26. The summed E-state index contributed by atoms with van der Waals surface area (Å²) in [6, 6.07) is 11.7. The average Bonchev–Trinajstić information content (AvgIpc) is 3.10. The van der Waals surface area contributed by atoms with Gasteiger partial charge in [-0.1, -0.05) is 12.1 Å². The molecule has 6 nitrogen and oxygen atoms in total. The molecular formula is C21H18F2N4O2. The Kier molecular flexibility index (Phi) is 4.28. The molecule has 1 aliphatic heterocycles. The van der Waals surface area contributed by atoms with Gasteiger partial charge in [-0.2, -0.15) is 0 Å². The highest BCUT2D eigenvalue weighted by molar-refractivity contribution is 5.84. The quantitative estimate of drug-likeness (QED) is 0.578. The van der Waals surface area contributed by atoms with Gasteiger partial charge < -0.3 is 19.2 Å². The van der Waals surface area contributed by atoms with Crippen molar-refractivity contribution in [3.05, 3.63) is 70.0 Å². The molecule has 29 heavy (non-hydrogen) atoms. The molecule has 3 heterocycles. The number of morpholine rings is 1. The van der Waals surface area contributed by atoms with Gasteiger partial charge in [0, 0.05) is 24.5 Å². The molecule has 1 N–H and O–H groups in total. The van der Waals surface area contributed by atoms with Gasteiger partial charge in [-0.15, -0.1) is 0 Å². The molecule has 148 valence electrons. The third-order valence-electron chi connectivity index (χ3n) is 5.25. The molecule has 4 aromatic rings. The molecule has 0 radical (unpaired) electrons. The second kappa shape index (κ2) is 6.97. The highest BCUT2D eigenvalue weighted by atomic mass is 19.2. The molecule has 0 aliphatic carbocycles. The van der Waals surface area contributed by atoms with Crippen molar-refractivity contribution in [3.63, 3.8) is 0 Å². The summed E-state index contributed by atoms with van der Waals surface area (Å²) in [6.45, 7) is 2.94. The Morgan fingerprint density at radius 3 is 2.72 bits per heavy atom. The third-order valence-corrected chi connectivity index (χ3v) is 5.25. The number of pyridine rings is 1. The van der Waals surface area contributed by atoms with Gasteiger partial charge in [-0.25, -0.2) is 13.8 Å². The van der Waals surface area contributed by atoms with E-state index in [4.69, 9.17) is 9.72 Å². The summed E-state index contributed by atoms with van der Waals surface area (Å²) in [5.41, 5.74) is 1.74. The van der Waals surface area contributed by atoms with Crippen molar-refractivity contribution < 1.29 is 13.5 Å². The fourth-order valence-corrected chi connectivity index (χ4v) is 3.86. The Labute approximate surface area is 164 Å². The van der Waals surface area contributed by atoms with E-state index < -0.39 is 17.2 Å². The van der Waals surface area contributed by atoms with Gasteiger partial charge in [0.05, 0.1) is 36.3 Å². The number of H-pyrrole nitrogens is 1. The maximum Gasteiger partial charge on any atom is 0.248 e. The maximum absolute atomic E-state index is 14.3. The number of rotatable bonds is 3. The third kappa shape index (κ3) is 3.05. The van der Waals surface area contributed by atoms with Gasteiger partial charge in [-0.3, -0.25) is 4.79 Å². The summed E-state index contributed by atoms with van der Waals surface area (Å²) in [5, 5.41) is 0.467. The number of fused-ring (bicyclic) bond motifs is 2. The zero-order valence-electron chi connectivity index (χ0n) is 15.5. The number of aromatic nitrogens is 3. The first kappa shape index (κ1) is 17.8. The average molecular weight is 396 g/mol. The van der Waals surface area contributed by atoms with Crippen molar-refractivity contribution in [1.82, 2.24) is 14.5 Å². The number of aromatic amines is 1. The molecule has 1 aliphatic rings. The van der Waals surface area contributed by atoms with E-state index in [0.717, 1.165) is 23.0 Å². The molecule has 1 fully saturated rings. The van der Waals surface area contributed by atoms with Crippen molar-refractivity contribution in [1.29, 1.82) is 0 Å². The number of benzene rings is 2. The lowest BCUT2D eigenvalue weighted by Gasteiger charge is -2.28. The molecule has 0 unspecified atom stereocenters. The van der Waals surface area contributed by atoms with Crippen LogP contribution in [0.1, 0.15) is 5.56 Å². The molecule has 0 amide bonds. The fourth-order valence-electron chi connectivity index (χ4n) is 3.86. The number of halogens is 2. The topological polar surface area (TPSA) is 63.1 Å². The smallest absolute Gasteiger partial charge is 0.248 e. The maximum atomic E-state index is 14.3. The van der Waals surface area contributed by atoms with Gasteiger partial charge >= 0.3 is 0 Å². The summed E-state index contributed by atoms with van der Waals surface area (Å²) in [6.07, 6.45) is 0. The van der Waals surface area contributed by atoms with Gasteiger partial charge in [-0.05, 0) is 29.8 Å². The van der Waals surface area contributed by atoms with Crippen LogP contribution in [0.5, 0.6) is 0 Å². The zero-order valence-corrected chi connectivity index (χ0v) is 15.5. The molecule has 5 rings (SSSR count). The Morgan fingerprint density at radius 1 is 1.10 bits per heavy atom. The molecule has 0 saturated carbocycles. The van der Waals surface area contributed by atoms with Crippen LogP contribution in [0.25, 0.3) is 21.9 Å². The summed E-state index contributed by atoms with van der Waals surface area (Å²) >= 11 is 0. The predicted molar refractivity (Wildman–Crippen MR) is 106 cm³/mol. The van der Waals surface area contributed by atoms with Gasteiger partial charge in [0.1, 0.15) is 0 Å². The van der Waals surface area contributed by atoms with Crippen molar-refractivity contribution in [2.75, 3.05) is 31.2 Å². The number of ether oxygens (including phenoxy) is 1. The van der Waals surface area contributed by atoms with E-state index in [9.17, 15) is 13.6 Å². The van der Waals surface area contributed by atoms with Crippen molar-refractivity contribution in [3.8, 4) is 0 Å². The van der Waals surface area contributed by atoms with E-state index in [1.54, 1.807) is 0 Å². The van der Waals surface area contributed by atoms with Crippen molar-refractivity contribution >= 4 is 27.9 Å². The van der Waals surface area contributed by atoms with E-state index in [1.807, 2.05) is 28.8 Å². The van der Waals surface area contributed by atoms with Crippen LogP contribution in [0.4, 0.5) is 14.7 Å². The first-order valence-corrected chi connectivity index (χ1v) is 9.40. The number of nitrogens with one attached hydrogen (secondary N) is 1. The molecule has 2 aromatic carbocycles. The molecule has 0 bridgehead atoms. The minimum atomic E-state index is -1.05. The Morgan fingerprint density at radius 2 is 1.90 bits per heavy atom. The molecular weight excluding hydrogens is 378 g/mol. The second-order valence-corrected chi connectivity index (χ2v) is 7.03. The SMILES string of the molecule is O=c1cc(Cn2c(N3CCOCC3)nc3ccccc32)c2ccc(F)c(F)c2[nH]1. The highest BCUT2D eigenvalue weighted by Crippen LogP contribution is 2.27. The molecule has 2 aromatic heterocycles. The van der Waals surface area contributed by atoms with Crippen LogP contribution >= 0.6 is 0 Å². The largest absolute Gasteiger partial charge is 0.378 e.